The maximum atomic E-state index is 12.7. The molecular weight excluding hydrogens is 322 g/mol. The largest absolute Gasteiger partial charge is 0.491 e. The highest BCUT2D eigenvalue weighted by atomic mass is 16.5. The van der Waals surface area contributed by atoms with E-state index in [1.807, 2.05) is 38.1 Å². The third kappa shape index (κ3) is 2.97. The predicted molar refractivity (Wildman–Crippen MR) is 94.2 cm³/mol. The van der Waals surface area contributed by atoms with Crippen LogP contribution in [-0.4, -0.2) is 21.1 Å². The first-order valence-electron chi connectivity index (χ1n) is 8.16. The van der Waals surface area contributed by atoms with Gasteiger partial charge in [-0.15, -0.1) is 0 Å². The fourth-order valence-electron chi connectivity index (χ4n) is 3.14. The Hall–Kier alpha value is -2.83. The molecule has 132 valence electrons. The number of ether oxygens (including phenoxy) is 1. The van der Waals surface area contributed by atoms with Crippen LogP contribution in [-0.2, 0) is 18.9 Å². The average molecular weight is 343 g/mol. The van der Waals surface area contributed by atoms with Crippen LogP contribution in [0.3, 0.4) is 0 Å². The van der Waals surface area contributed by atoms with Crippen LogP contribution < -0.4 is 21.3 Å². The Kier molecular flexibility index (Phi) is 4.24. The van der Waals surface area contributed by atoms with E-state index in [0.29, 0.717) is 5.56 Å². The Balaban J connectivity index is 2.12. The molecule has 0 saturated heterocycles. The lowest BCUT2D eigenvalue weighted by Crippen LogP contribution is -2.44. The molecule has 1 atom stereocenters. The van der Waals surface area contributed by atoms with Gasteiger partial charge in [0, 0.05) is 26.4 Å². The van der Waals surface area contributed by atoms with Crippen molar-refractivity contribution in [2.45, 2.75) is 32.3 Å². The molecule has 0 fully saturated rings. The first-order valence-corrected chi connectivity index (χ1v) is 8.16. The lowest BCUT2D eigenvalue weighted by molar-refractivity contribution is -0.116. The summed E-state index contributed by atoms with van der Waals surface area (Å²) in [6.45, 7) is 3.89. The summed E-state index contributed by atoms with van der Waals surface area (Å²) in [6, 6.07) is 7.37. The van der Waals surface area contributed by atoms with Crippen molar-refractivity contribution in [1.82, 2.24) is 9.13 Å². The minimum Gasteiger partial charge on any atom is -0.491 e. The number of hydrogen-bond acceptors (Lipinski definition) is 4. The smallest absolute Gasteiger partial charge is 0.332 e. The zero-order valence-corrected chi connectivity index (χ0v) is 14.7. The molecule has 1 unspecified atom stereocenters. The Morgan fingerprint density at radius 3 is 2.32 bits per heavy atom. The maximum absolute atomic E-state index is 12.7. The molecule has 0 radical (unpaired) electrons. The Bertz CT molecular complexity index is 939. The third-order valence-electron chi connectivity index (χ3n) is 4.35. The maximum Gasteiger partial charge on any atom is 0.332 e. The Labute approximate surface area is 144 Å². The molecule has 1 aromatic heterocycles. The van der Waals surface area contributed by atoms with Gasteiger partial charge in [0.1, 0.15) is 11.6 Å². The summed E-state index contributed by atoms with van der Waals surface area (Å²) in [5.41, 5.74) is 0.417. The fraction of sp³-hybridized carbons (Fsp3) is 0.389. The Morgan fingerprint density at radius 2 is 1.72 bits per heavy atom. The molecule has 25 heavy (non-hydrogen) atoms. The van der Waals surface area contributed by atoms with E-state index in [1.54, 1.807) is 7.05 Å². The van der Waals surface area contributed by atoms with Gasteiger partial charge in [-0.25, -0.2) is 4.79 Å². The number of benzene rings is 1. The molecule has 1 aliphatic heterocycles. The van der Waals surface area contributed by atoms with E-state index in [-0.39, 0.29) is 29.8 Å². The average Bonchev–Trinajstić information content (AvgIpc) is 2.57. The van der Waals surface area contributed by atoms with Crippen LogP contribution in [0.2, 0.25) is 0 Å². The highest BCUT2D eigenvalue weighted by molar-refractivity contribution is 5.94. The summed E-state index contributed by atoms with van der Waals surface area (Å²) < 4.78 is 8.01. The summed E-state index contributed by atoms with van der Waals surface area (Å²) in [7, 11) is 2.99. The second-order valence-electron chi connectivity index (χ2n) is 6.51. The number of aromatic nitrogens is 2. The van der Waals surface area contributed by atoms with Crippen LogP contribution in [0.5, 0.6) is 5.75 Å². The van der Waals surface area contributed by atoms with Crippen molar-refractivity contribution in [3.63, 3.8) is 0 Å². The number of carbonyl (C=O) groups excluding carboxylic acids is 1. The molecule has 0 saturated carbocycles. The SMILES string of the molecule is CC(C)Oc1ccc(C2CC(=O)Nc3c2c(=O)n(C)c(=O)n3C)cc1. The van der Waals surface area contributed by atoms with Gasteiger partial charge in [0.25, 0.3) is 5.56 Å². The number of nitrogens with zero attached hydrogens (tertiary/aromatic N) is 2. The fourth-order valence-corrected chi connectivity index (χ4v) is 3.14. The van der Waals surface area contributed by atoms with Gasteiger partial charge in [0.2, 0.25) is 5.91 Å². The van der Waals surface area contributed by atoms with Crippen LogP contribution in [0.15, 0.2) is 33.9 Å². The molecule has 2 heterocycles. The zero-order chi connectivity index (χ0) is 18.3. The number of rotatable bonds is 3. The van der Waals surface area contributed by atoms with Crippen LogP contribution in [0.25, 0.3) is 0 Å². The van der Waals surface area contributed by atoms with Gasteiger partial charge in [-0.3, -0.25) is 18.7 Å². The third-order valence-corrected chi connectivity index (χ3v) is 4.35. The van der Waals surface area contributed by atoms with Crippen molar-refractivity contribution >= 4 is 11.7 Å². The van der Waals surface area contributed by atoms with Crippen LogP contribution in [0, 0.1) is 0 Å². The second-order valence-corrected chi connectivity index (χ2v) is 6.51. The standard InChI is InChI=1S/C18H21N3O4/c1-10(2)25-12-7-5-11(6-8-12)13-9-14(22)19-16-15(13)17(23)21(4)18(24)20(16)3/h5-8,10,13H,9H2,1-4H3,(H,19,22). The molecule has 3 rings (SSSR count). The van der Waals surface area contributed by atoms with Crippen molar-refractivity contribution in [2.24, 2.45) is 14.1 Å². The quantitative estimate of drug-likeness (QED) is 0.912. The van der Waals surface area contributed by atoms with Gasteiger partial charge >= 0.3 is 5.69 Å². The highest BCUT2D eigenvalue weighted by Crippen LogP contribution is 2.34. The van der Waals surface area contributed by atoms with E-state index >= 15 is 0 Å². The monoisotopic (exact) mass is 343 g/mol. The molecule has 2 aromatic rings. The molecule has 1 N–H and O–H groups in total. The number of fused-ring (bicyclic) bond motifs is 1. The molecule has 0 spiro atoms. The van der Waals surface area contributed by atoms with Gasteiger partial charge < -0.3 is 10.1 Å². The van der Waals surface area contributed by atoms with Crippen molar-refractivity contribution in [3.8, 4) is 5.75 Å². The highest BCUT2D eigenvalue weighted by Gasteiger charge is 2.32. The summed E-state index contributed by atoms with van der Waals surface area (Å²) in [5, 5.41) is 2.66. The van der Waals surface area contributed by atoms with Gasteiger partial charge in [0.05, 0.1) is 11.7 Å². The lowest BCUT2D eigenvalue weighted by Gasteiger charge is -2.27. The minimum absolute atomic E-state index is 0.0638. The number of carbonyl (C=O) groups is 1. The summed E-state index contributed by atoms with van der Waals surface area (Å²) in [4.78, 5) is 36.9. The summed E-state index contributed by atoms with van der Waals surface area (Å²) >= 11 is 0. The molecular formula is C18H21N3O4. The van der Waals surface area contributed by atoms with E-state index in [2.05, 4.69) is 5.32 Å². The molecule has 1 amide bonds. The second kappa shape index (κ2) is 6.23. The van der Waals surface area contributed by atoms with Gasteiger partial charge in [-0.1, -0.05) is 12.1 Å². The molecule has 1 aliphatic rings. The van der Waals surface area contributed by atoms with Gasteiger partial charge in [-0.2, -0.15) is 0 Å². The summed E-state index contributed by atoms with van der Waals surface area (Å²) in [5.74, 6) is 0.384. The normalized spacial score (nSPS) is 16.5. The number of amides is 1. The van der Waals surface area contributed by atoms with E-state index < -0.39 is 11.6 Å². The van der Waals surface area contributed by atoms with Crippen LogP contribution in [0.4, 0.5) is 5.82 Å². The predicted octanol–water partition coefficient (Wildman–Crippen LogP) is 1.35. The molecule has 0 aliphatic carbocycles. The number of anilines is 1. The van der Waals surface area contributed by atoms with E-state index in [1.165, 1.54) is 11.6 Å². The zero-order valence-electron chi connectivity index (χ0n) is 14.7. The molecule has 7 nitrogen and oxygen atoms in total. The number of hydrogen-bond donors (Lipinski definition) is 1. The van der Waals surface area contributed by atoms with Crippen LogP contribution in [0.1, 0.15) is 37.3 Å². The van der Waals surface area contributed by atoms with Crippen LogP contribution >= 0.6 is 0 Å². The lowest BCUT2D eigenvalue weighted by atomic mass is 9.86. The van der Waals surface area contributed by atoms with Crippen molar-refractivity contribution in [1.29, 1.82) is 0 Å². The summed E-state index contributed by atoms with van der Waals surface area (Å²) in [6.07, 6.45) is 0.221. The minimum atomic E-state index is -0.467. The first-order chi connectivity index (χ1) is 11.8. The molecule has 1 aromatic carbocycles. The van der Waals surface area contributed by atoms with E-state index in [4.69, 9.17) is 4.74 Å². The first kappa shape index (κ1) is 17.0. The van der Waals surface area contributed by atoms with E-state index in [0.717, 1.165) is 15.9 Å². The van der Waals surface area contributed by atoms with E-state index in [9.17, 15) is 14.4 Å². The molecule has 7 heteroatoms. The van der Waals surface area contributed by atoms with Crippen molar-refractivity contribution in [3.05, 3.63) is 56.2 Å². The van der Waals surface area contributed by atoms with Gasteiger partial charge in [-0.05, 0) is 31.5 Å². The Morgan fingerprint density at radius 1 is 1.08 bits per heavy atom. The molecule has 0 bridgehead atoms. The van der Waals surface area contributed by atoms with Crippen molar-refractivity contribution < 1.29 is 9.53 Å². The topological polar surface area (TPSA) is 82.3 Å². The number of nitrogens with one attached hydrogen (secondary N) is 1. The van der Waals surface area contributed by atoms with Gasteiger partial charge in [0.15, 0.2) is 0 Å². The van der Waals surface area contributed by atoms with Crippen molar-refractivity contribution in [2.75, 3.05) is 5.32 Å².